The first-order valence-corrected chi connectivity index (χ1v) is 10.3. The van der Waals surface area contributed by atoms with Crippen molar-refractivity contribution in [3.05, 3.63) is 29.3 Å². The van der Waals surface area contributed by atoms with Gasteiger partial charge >= 0.3 is 6.18 Å². The lowest BCUT2D eigenvalue weighted by atomic mass is 9.85. The fourth-order valence-electron chi connectivity index (χ4n) is 4.38. The van der Waals surface area contributed by atoms with Crippen molar-refractivity contribution in [3.8, 4) is 0 Å². The second-order valence-electron chi connectivity index (χ2n) is 8.58. The van der Waals surface area contributed by atoms with Crippen molar-refractivity contribution in [3.63, 3.8) is 0 Å². The number of hydrogen-bond donors (Lipinski definition) is 1. The number of nitrogens with one attached hydrogen (secondary N) is 1. The molecule has 0 spiro atoms. The van der Waals surface area contributed by atoms with Gasteiger partial charge in [-0.25, -0.2) is 4.68 Å². The number of aromatic nitrogens is 3. The molecule has 2 aromatic heterocycles. The number of hydrogen-bond acceptors (Lipinski definition) is 5. The minimum absolute atomic E-state index is 0.0898. The molecule has 0 radical (unpaired) electrons. The van der Waals surface area contributed by atoms with Gasteiger partial charge in [0.2, 0.25) is 0 Å². The summed E-state index contributed by atoms with van der Waals surface area (Å²) in [5.74, 6) is 0.810. The van der Waals surface area contributed by atoms with Crippen LogP contribution in [0, 0.1) is 12.8 Å². The maximum atomic E-state index is 13.7. The number of fused-ring (bicyclic) bond motifs is 1. The zero-order valence-electron chi connectivity index (χ0n) is 17.2. The third kappa shape index (κ3) is 3.91. The van der Waals surface area contributed by atoms with Crippen LogP contribution in [-0.2, 0) is 0 Å². The molecule has 1 amide bonds. The Labute approximate surface area is 172 Å². The molecule has 0 bridgehead atoms. The second kappa shape index (κ2) is 7.63. The summed E-state index contributed by atoms with van der Waals surface area (Å²) in [4.78, 5) is 14.6. The van der Waals surface area contributed by atoms with Gasteiger partial charge in [0.05, 0.1) is 5.69 Å². The van der Waals surface area contributed by atoms with E-state index in [-0.39, 0.29) is 35.9 Å². The number of nitrogens with zero attached hydrogens (tertiary/aromatic N) is 4. The lowest BCUT2D eigenvalue weighted by Gasteiger charge is -2.41. The van der Waals surface area contributed by atoms with Gasteiger partial charge in [-0.2, -0.15) is 18.3 Å². The third-order valence-corrected chi connectivity index (χ3v) is 5.97. The van der Waals surface area contributed by atoms with Gasteiger partial charge in [0.15, 0.2) is 11.7 Å². The van der Waals surface area contributed by atoms with Gasteiger partial charge < -0.3 is 14.7 Å². The van der Waals surface area contributed by atoms with Gasteiger partial charge in [0.1, 0.15) is 11.6 Å². The highest BCUT2D eigenvalue weighted by molar-refractivity contribution is 5.92. The first kappa shape index (κ1) is 20.7. The molecule has 10 heteroatoms. The molecule has 2 aromatic rings. The van der Waals surface area contributed by atoms with Crippen molar-refractivity contribution in [2.75, 3.05) is 18.4 Å². The van der Waals surface area contributed by atoms with Crippen LogP contribution in [0.1, 0.15) is 67.0 Å². The lowest BCUT2D eigenvalue weighted by molar-refractivity contribution is -0.174. The van der Waals surface area contributed by atoms with Crippen LogP contribution < -0.4 is 5.32 Å². The molecule has 1 unspecified atom stereocenters. The van der Waals surface area contributed by atoms with E-state index in [1.165, 1.54) is 0 Å². The molecule has 4 heterocycles. The molecule has 1 N–H and O–H groups in total. The summed E-state index contributed by atoms with van der Waals surface area (Å²) in [5, 5.41) is 11.1. The van der Waals surface area contributed by atoms with Crippen LogP contribution >= 0.6 is 0 Å². The number of piperidine rings is 1. The zero-order chi connectivity index (χ0) is 21.6. The van der Waals surface area contributed by atoms with E-state index >= 15 is 0 Å². The third-order valence-electron chi connectivity index (χ3n) is 5.97. The molecule has 1 saturated heterocycles. The molecule has 0 saturated carbocycles. The first-order chi connectivity index (χ1) is 14.1. The van der Waals surface area contributed by atoms with Crippen molar-refractivity contribution < 1.29 is 22.5 Å². The van der Waals surface area contributed by atoms with Gasteiger partial charge in [0, 0.05) is 37.2 Å². The molecule has 7 nitrogen and oxygen atoms in total. The molecular weight excluding hydrogens is 399 g/mol. The van der Waals surface area contributed by atoms with Crippen molar-refractivity contribution in [2.24, 2.45) is 5.92 Å². The number of aryl methyl sites for hydroxylation is 1. The SMILES string of the molecule is Cc1cc2n(n1)[C@@H](C(F)(F)F)C[C@@H](C1CCCN(C(=O)c3cc(C(C)C)on3)C1)N2. The van der Waals surface area contributed by atoms with Gasteiger partial charge in [-0.15, -0.1) is 0 Å². The van der Waals surface area contributed by atoms with E-state index in [0.717, 1.165) is 17.5 Å². The van der Waals surface area contributed by atoms with Crippen LogP contribution in [0.2, 0.25) is 0 Å². The van der Waals surface area contributed by atoms with Crippen LogP contribution in [0.4, 0.5) is 19.0 Å². The number of carbonyl (C=O) groups is 1. The van der Waals surface area contributed by atoms with E-state index < -0.39 is 12.2 Å². The number of halogens is 3. The quantitative estimate of drug-likeness (QED) is 0.800. The van der Waals surface area contributed by atoms with E-state index in [1.54, 1.807) is 24.0 Å². The number of likely N-dealkylation sites (tertiary alicyclic amines) is 1. The van der Waals surface area contributed by atoms with Gasteiger partial charge in [-0.1, -0.05) is 19.0 Å². The molecule has 3 atom stereocenters. The largest absolute Gasteiger partial charge is 0.410 e. The first-order valence-electron chi connectivity index (χ1n) is 10.3. The minimum Gasteiger partial charge on any atom is -0.367 e. The van der Waals surface area contributed by atoms with Crippen molar-refractivity contribution in [1.82, 2.24) is 19.8 Å². The molecule has 30 heavy (non-hydrogen) atoms. The predicted molar refractivity (Wildman–Crippen MR) is 103 cm³/mol. The highest BCUT2D eigenvalue weighted by Gasteiger charge is 2.48. The summed E-state index contributed by atoms with van der Waals surface area (Å²) in [6.07, 6.45) is -2.99. The average molecular weight is 425 g/mol. The highest BCUT2D eigenvalue weighted by Crippen LogP contribution is 2.42. The standard InChI is InChI=1S/C20H26F3N5O2/c1-11(2)16-8-15(26-30-16)19(29)27-6-4-5-13(10-27)14-9-17(20(21,22)23)28-18(24-14)7-12(3)25-28/h7-8,11,13-14,17,24H,4-6,9-10H2,1-3H3/t13?,14-,17+/m0/s1. The van der Waals surface area contributed by atoms with Crippen molar-refractivity contribution >= 4 is 11.7 Å². The second-order valence-corrected chi connectivity index (χ2v) is 8.58. The topological polar surface area (TPSA) is 76.2 Å². The van der Waals surface area contributed by atoms with Crippen molar-refractivity contribution in [2.45, 2.75) is 64.2 Å². The summed E-state index contributed by atoms with van der Waals surface area (Å²) < 4.78 is 47.3. The molecule has 2 aliphatic rings. The Balaban J connectivity index is 1.51. The molecule has 2 aliphatic heterocycles. The Bertz CT molecular complexity index is 920. The molecule has 0 aromatic carbocycles. The Morgan fingerprint density at radius 2 is 2.10 bits per heavy atom. The zero-order valence-corrected chi connectivity index (χ0v) is 17.2. The van der Waals surface area contributed by atoms with E-state index in [9.17, 15) is 18.0 Å². The van der Waals surface area contributed by atoms with Gasteiger partial charge in [0.25, 0.3) is 5.91 Å². The summed E-state index contributed by atoms with van der Waals surface area (Å²) in [7, 11) is 0. The van der Waals surface area contributed by atoms with Crippen LogP contribution in [-0.4, -0.2) is 51.1 Å². The summed E-state index contributed by atoms with van der Waals surface area (Å²) in [6, 6.07) is 1.23. The lowest BCUT2D eigenvalue weighted by Crippen LogP contribution is -2.49. The van der Waals surface area contributed by atoms with E-state index in [0.29, 0.717) is 30.4 Å². The Morgan fingerprint density at radius 3 is 2.77 bits per heavy atom. The predicted octanol–water partition coefficient (Wildman–Crippen LogP) is 4.14. The Kier molecular flexibility index (Phi) is 5.27. The number of alkyl halides is 3. The average Bonchev–Trinajstić information content (AvgIpc) is 3.32. The molecular formula is C20H26F3N5O2. The van der Waals surface area contributed by atoms with Crippen LogP contribution in [0.5, 0.6) is 0 Å². The molecule has 164 valence electrons. The van der Waals surface area contributed by atoms with Crippen molar-refractivity contribution in [1.29, 1.82) is 0 Å². The maximum Gasteiger partial charge on any atom is 0.410 e. The van der Waals surface area contributed by atoms with Crippen LogP contribution in [0.15, 0.2) is 16.7 Å². The summed E-state index contributed by atoms with van der Waals surface area (Å²) >= 11 is 0. The van der Waals surface area contributed by atoms with Gasteiger partial charge in [-0.05, 0) is 32.1 Å². The normalized spacial score (nSPS) is 24.6. The maximum absolute atomic E-state index is 13.7. The van der Waals surface area contributed by atoms with E-state index in [1.807, 2.05) is 13.8 Å². The number of carbonyl (C=O) groups excluding carboxylic acids is 1. The molecule has 0 aliphatic carbocycles. The Morgan fingerprint density at radius 1 is 1.33 bits per heavy atom. The number of anilines is 1. The fourth-order valence-corrected chi connectivity index (χ4v) is 4.38. The number of rotatable bonds is 3. The number of amides is 1. The van der Waals surface area contributed by atoms with E-state index in [2.05, 4.69) is 15.6 Å². The summed E-state index contributed by atoms with van der Waals surface area (Å²) in [6.45, 7) is 6.53. The van der Waals surface area contributed by atoms with Crippen LogP contribution in [0.25, 0.3) is 0 Å². The van der Waals surface area contributed by atoms with Crippen LogP contribution in [0.3, 0.4) is 0 Å². The highest BCUT2D eigenvalue weighted by atomic mass is 19.4. The minimum atomic E-state index is -4.38. The smallest absolute Gasteiger partial charge is 0.367 e. The molecule has 4 rings (SSSR count). The van der Waals surface area contributed by atoms with Gasteiger partial charge in [-0.3, -0.25) is 4.79 Å². The Hall–Kier alpha value is -2.52. The fraction of sp³-hybridized carbons (Fsp3) is 0.650. The monoisotopic (exact) mass is 425 g/mol. The van der Waals surface area contributed by atoms with E-state index in [4.69, 9.17) is 4.52 Å². The summed E-state index contributed by atoms with van der Waals surface area (Å²) in [5.41, 5.74) is 0.789. The molecule has 1 fully saturated rings.